The Hall–Kier alpha value is -1.88. The van der Waals surface area contributed by atoms with E-state index in [-0.39, 0.29) is 18.0 Å². The van der Waals surface area contributed by atoms with Crippen LogP contribution < -0.4 is 4.74 Å². The third-order valence-corrected chi connectivity index (χ3v) is 3.63. The van der Waals surface area contributed by atoms with Crippen molar-refractivity contribution in [2.75, 3.05) is 0 Å². The van der Waals surface area contributed by atoms with Crippen LogP contribution in [-0.2, 0) is 20.1 Å². The van der Waals surface area contributed by atoms with Gasteiger partial charge in [0, 0.05) is 13.1 Å². The zero-order chi connectivity index (χ0) is 15.6. The Bertz CT molecular complexity index is 683. The van der Waals surface area contributed by atoms with Crippen LogP contribution in [0.5, 0.6) is 5.75 Å². The molecule has 0 aliphatic heterocycles. The van der Waals surface area contributed by atoms with Crippen molar-refractivity contribution in [3.05, 3.63) is 46.0 Å². The molecule has 1 aromatic heterocycles. The molecule has 0 saturated carbocycles. The molecule has 0 fully saturated rings. The summed E-state index contributed by atoms with van der Waals surface area (Å²) in [7, 11) is 1.78. The van der Waals surface area contributed by atoms with Gasteiger partial charge in [-0.1, -0.05) is 18.5 Å². The van der Waals surface area contributed by atoms with Crippen LogP contribution >= 0.6 is 11.6 Å². The summed E-state index contributed by atoms with van der Waals surface area (Å²) < 4.78 is 20.9. The van der Waals surface area contributed by atoms with E-state index >= 15 is 0 Å². The molecule has 2 rings (SSSR count). The SMILES string of the molecule is CCc1nn(C)c(COc2ccc(C(C)=O)c(F)c2)c1Cl. The van der Waals surface area contributed by atoms with Gasteiger partial charge >= 0.3 is 0 Å². The summed E-state index contributed by atoms with van der Waals surface area (Å²) in [5.74, 6) is -0.570. The summed E-state index contributed by atoms with van der Waals surface area (Å²) in [6.07, 6.45) is 0.731. The third kappa shape index (κ3) is 3.24. The zero-order valence-electron chi connectivity index (χ0n) is 12.1. The van der Waals surface area contributed by atoms with Crippen LogP contribution in [0.25, 0.3) is 0 Å². The number of aryl methyl sites for hydroxylation is 2. The van der Waals surface area contributed by atoms with E-state index in [0.717, 1.165) is 17.8 Å². The summed E-state index contributed by atoms with van der Waals surface area (Å²) in [5, 5.41) is 4.85. The summed E-state index contributed by atoms with van der Waals surface area (Å²) in [5.41, 5.74) is 1.58. The molecule has 1 aromatic carbocycles. The predicted molar refractivity (Wildman–Crippen MR) is 78.3 cm³/mol. The molecule has 112 valence electrons. The topological polar surface area (TPSA) is 44.1 Å². The highest BCUT2D eigenvalue weighted by atomic mass is 35.5. The van der Waals surface area contributed by atoms with Crippen LogP contribution in [0.4, 0.5) is 4.39 Å². The molecule has 0 atom stereocenters. The molecule has 2 aromatic rings. The Morgan fingerprint density at radius 1 is 1.48 bits per heavy atom. The molecule has 0 saturated heterocycles. The van der Waals surface area contributed by atoms with Crippen molar-refractivity contribution in [1.82, 2.24) is 9.78 Å². The number of ether oxygens (including phenoxy) is 1. The van der Waals surface area contributed by atoms with Gasteiger partial charge in [0.25, 0.3) is 0 Å². The van der Waals surface area contributed by atoms with Gasteiger partial charge in [-0.25, -0.2) is 4.39 Å². The molecule has 1 heterocycles. The minimum atomic E-state index is -0.592. The number of nitrogens with zero attached hydrogens (tertiary/aromatic N) is 2. The standard InChI is InChI=1S/C15H16ClFN2O2/c1-4-13-15(16)14(19(3)18-13)8-21-10-5-6-11(9(2)20)12(17)7-10/h5-7H,4,8H2,1-3H3. The van der Waals surface area contributed by atoms with E-state index in [2.05, 4.69) is 5.10 Å². The van der Waals surface area contributed by atoms with Crippen LogP contribution in [0.2, 0.25) is 5.02 Å². The fourth-order valence-electron chi connectivity index (χ4n) is 2.00. The zero-order valence-corrected chi connectivity index (χ0v) is 12.9. The molecule has 0 bridgehead atoms. The lowest BCUT2D eigenvalue weighted by molar-refractivity contribution is 0.101. The first-order chi connectivity index (χ1) is 9.93. The maximum atomic E-state index is 13.7. The minimum Gasteiger partial charge on any atom is -0.487 e. The highest BCUT2D eigenvalue weighted by molar-refractivity contribution is 6.31. The number of carbonyl (C=O) groups excluding carboxylic acids is 1. The van der Waals surface area contributed by atoms with Gasteiger partial charge in [-0.3, -0.25) is 9.48 Å². The Morgan fingerprint density at radius 3 is 2.71 bits per heavy atom. The van der Waals surface area contributed by atoms with Gasteiger partial charge in [-0.15, -0.1) is 0 Å². The van der Waals surface area contributed by atoms with Crippen molar-refractivity contribution in [2.45, 2.75) is 26.9 Å². The van der Waals surface area contributed by atoms with Gasteiger partial charge in [0.15, 0.2) is 5.78 Å². The van der Waals surface area contributed by atoms with Crippen molar-refractivity contribution in [1.29, 1.82) is 0 Å². The van der Waals surface area contributed by atoms with Crippen molar-refractivity contribution >= 4 is 17.4 Å². The largest absolute Gasteiger partial charge is 0.487 e. The van der Waals surface area contributed by atoms with E-state index in [4.69, 9.17) is 16.3 Å². The number of carbonyl (C=O) groups is 1. The van der Waals surface area contributed by atoms with Gasteiger partial charge in [0.1, 0.15) is 18.2 Å². The van der Waals surface area contributed by atoms with E-state index in [1.54, 1.807) is 17.8 Å². The van der Waals surface area contributed by atoms with Crippen LogP contribution in [0, 0.1) is 5.82 Å². The molecular weight excluding hydrogens is 295 g/mol. The molecule has 21 heavy (non-hydrogen) atoms. The van der Waals surface area contributed by atoms with Gasteiger partial charge < -0.3 is 4.74 Å². The second-order valence-corrected chi connectivity index (χ2v) is 5.05. The number of halogens is 2. The average molecular weight is 311 g/mol. The summed E-state index contributed by atoms with van der Waals surface area (Å²) in [6, 6.07) is 4.17. The van der Waals surface area contributed by atoms with Crippen molar-refractivity contribution < 1.29 is 13.9 Å². The van der Waals surface area contributed by atoms with Crippen LogP contribution in [0.1, 0.15) is 35.6 Å². The molecule has 0 unspecified atom stereocenters. The van der Waals surface area contributed by atoms with Crippen LogP contribution in [-0.4, -0.2) is 15.6 Å². The van der Waals surface area contributed by atoms with Gasteiger partial charge in [0.05, 0.1) is 22.0 Å². The smallest absolute Gasteiger partial charge is 0.162 e. The number of Topliss-reactive ketones (excluding diaryl/α,β-unsaturated/α-hetero) is 1. The molecule has 0 aliphatic carbocycles. The summed E-state index contributed by atoms with van der Waals surface area (Å²) in [6.45, 7) is 3.47. The first-order valence-electron chi connectivity index (χ1n) is 6.57. The maximum Gasteiger partial charge on any atom is 0.162 e. The lowest BCUT2D eigenvalue weighted by Crippen LogP contribution is -2.04. The Labute approximate surface area is 127 Å². The molecule has 0 amide bonds. The lowest BCUT2D eigenvalue weighted by Gasteiger charge is -2.08. The van der Waals surface area contributed by atoms with Gasteiger partial charge in [-0.2, -0.15) is 5.10 Å². The van der Waals surface area contributed by atoms with E-state index in [1.165, 1.54) is 19.1 Å². The molecule has 0 N–H and O–H groups in total. The molecule has 0 radical (unpaired) electrons. The first-order valence-corrected chi connectivity index (χ1v) is 6.95. The lowest BCUT2D eigenvalue weighted by atomic mass is 10.1. The van der Waals surface area contributed by atoms with Gasteiger partial charge in [0.2, 0.25) is 0 Å². The predicted octanol–water partition coefficient (Wildman–Crippen LogP) is 3.56. The normalized spacial score (nSPS) is 10.7. The van der Waals surface area contributed by atoms with E-state index < -0.39 is 5.82 Å². The van der Waals surface area contributed by atoms with E-state index in [9.17, 15) is 9.18 Å². The minimum absolute atomic E-state index is 0.0502. The van der Waals surface area contributed by atoms with Crippen molar-refractivity contribution in [3.8, 4) is 5.75 Å². The summed E-state index contributed by atoms with van der Waals surface area (Å²) in [4.78, 5) is 11.2. The quantitative estimate of drug-likeness (QED) is 0.793. The average Bonchev–Trinajstić information content (AvgIpc) is 2.71. The molecule has 6 heteroatoms. The van der Waals surface area contributed by atoms with Crippen LogP contribution in [0.15, 0.2) is 18.2 Å². The van der Waals surface area contributed by atoms with Crippen LogP contribution in [0.3, 0.4) is 0 Å². The highest BCUT2D eigenvalue weighted by Gasteiger charge is 2.14. The van der Waals surface area contributed by atoms with E-state index in [0.29, 0.717) is 10.8 Å². The van der Waals surface area contributed by atoms with E-state index in [1.807, 2.05) is 6.92 Å². The summed E-state index contributed by atoms with van der Waals surface area (Å²) >= 11 is 6.21. The Morgan fingerprint density at radius 2 is 2.19 bits per heavy atom. The second-order valence-electron chi connectivity index (χ2n) is 4.67. The Balaban J connectivity index is 2.15. The number of rotatable bonds is 5. The number of benzene rings is 1. The molecule has 4 nitrogen and oxygen atoms in total. The van der Waals surface area contributed by atoms with Crippen molar-refractivity contribution in [3.63, 3.8) is 0 Å². The fourth-order valence-corrected chi connectivity index (χ4v) is 2.35. The monoisotopic (exact) mass is 310 g/mol. The molecule has 0 spiro atoms. The highest BCUT2D eigenvalue weighted by Crippen LogP contribution is 2.23. The Kier molecular flexibility index (Phi) is 4.63. The molecular formula is C15H16ClFN2O2. The number of ketones is 1. The first kappa shape index (κ1) is 15.5. The number of aromatic nitrogens is 2. The fraction of sp³-hybridized carbons (Fsp3) is 0.333. The molecule has 0 aliphatic rings. The maximum absolute atomic E-state index is 13.7. The second kappa shape index (κ2) is 6.26. The van der Waals surface area contributed by atoms with Crippen molar-refractivity contribution in [2.24, 2.45) is 7.05 Å². The number of hydrogen-bond donors (Lipinski definition) is 0. The van der Waals surface area contributed by atoms with Gasteiger partial charge in [-0.05, 0) is 25.5 Å². The third-order valence-electron chi connectivity index (χ3n) is 3.20. The number of hydrogen-bond acceptors (Lipinski definition) is 3.